The molecule has 2 aromatic carbocycles. The molecule has 0 fully saturated rings. The molecule has 2 N–H and O–H groups in total. The summed E-state index contributed by atoms with van der Waals surface area (Å²) in [5.74, 6) is -0.566. The predicted molar refractivity (Wildman–Crippen MR) is 112 cm³/mol. The summed E-state index contributed by atoms with van der Waals surface area (Å²) in [6, 6.07) is 14.3. The number of halogens is 3. The first-order chi connectivity index (χ1) is 15.0. The fraction of sp³-hybridized carbons (Fsp3) is 0.238. The summed E-state index contributed by atoms with van der Waals surface area (Å²) in [4.78, 5) is 12.1. The number of aromatic nitrogens is 2. The van der Waals surface area contributed by atoms with E-state index in [1.807, 2.05) is 44.2 Å². The second-order valence-corrected chi connectivity index (χ2v) is 8.81. The number of rotatable bonds is 7. The number of hydrogen-bond donors (Lipinski definition) is 2. The Balaban J connectivity index is 1.74. The van der Waals surface area contributed by atoms with Gasteiger partial charge in [0.2, 0.25) is 10.0 Å². The van der Waals surface area contributed by atoms with Crippen molar-refractivity contribution in [3.63, 3.8) is 0 Å². The number of sulfonamides is 1. The van der Waals surface area contributed by atoms with Crippen LogP contribution >= 0.6 is 0 Å². The van der Waals surface area contributed by atoms with E-state index in [-0.39, 0.29) is 12.1 Å². The van der Waals surface area contributed by atoms with Crippen molar-refractivity contribution in [2.75, 3.05) is 6.54 Å². The Kier molecular flexibility index (Phi) is 6.70. The highest BCUT2D eigenvalue weighted by Crippen LogP contribution is 2.19. The molecule has 0 saturated heterocycles. The average Bonchev–Trinajstić information content (AvgIpc) is 3.04. The molecule has 1 heterocycles. The molecule has 3 aromatic rings. The fourth-order valence-corrected chi connectivity index (χ4v) is 4.15. The van der Waals surface area contributed by atoms with Crippen molar-refractivity contribution < 1.29 is 26.4 Å². The molecule has 0 unspecified atom stereocenters. The Labute approximate surface area is 183 Å². The summed E-state index contributed by atoms with van der Waals surface area (Å²) >= 11 is 0. The minimum Gasteiger partial charge on any atom is -0.348 e. The highest BCUT2D eigenvalue weighted by molar-refractivity contribution is 7.89. The average molecular weight is 466 g/mol. The monoisotopic (exact) mass is 466 g/mol. The second kappa shape index (κ2) is 9.13. The Morgan fingerprint density at radius 1 is 1.06 bits per heavy atom. The zero-order chi connectivity index (χ0) is 23.5. The molecule has 0 aliphatic carbocycles. The maximum Gasteiger partial charge on any atom is 0.402 e. The van der Waals surface area contributed by atoms with Crippen LogP contribution in [0.1, 0.15) is 27.3 Å². The summed E-state index contributed by atoms with van der Waals surface area (Å²) in [5.41, 5.74) is 3.24. The zero-order valence-corrected chi connectivity index (χ0v) is 18.1. The Hall–Kier alpha value is -3.18. The third-order valence-electron chi connectivity index (χ3n) is 4.74. The van der Waals surface area contributed by atoms with Gasteiger partial charge in [-0.3, -0.25) is 4.79 Å². The van der Waals surface area contributed by atoms with Gasteiger partial charge >= 0.3 is 6.18 Å². The Morgan fingerprint density at radius 2 is 1.75 bits per heavy atom. The first kappa shape index (κ1) is 23.5. The van der Waals surface area contributed by atoms with Gasteiger partial charge in [-0.2, -0.15) is 18.3 Å². The van der Waals surface area contributed by atoms with E-state index in [0.29, 0.717) is 0 Å². The van der Waals surface area contributed by atoms with Crippen LogP contribution < -0.4 is 10.0 Å². The number of nitrogens with zero attached hydrogens (tertiary/aromatic N) is 2. The minimum atomic E-state index is -4.69. The maximum absolute atomic E-state index is 12.6. The number of aryl methyl sites for hydroxylation is 1. The van der Waals surface area contributed by atoms with Crippen LogP contribution in [-0.4, -0.2) is 36.8 Å². The Bertz CT molecular complexity index is 1220. The molecule has 7 nitrogen and oxygen atoms in total. The first-order valence-corrected chi connectivity index (χ1v) is 11.0. The van der Waals surface area contributed by atoms with Crippen LogP contribution in [0.5, 0.6) is 0 Å². The molecule has 1 amide bonds. The fourth-order valence-electron chi connectivity index (χ4n) is 3.09. The van der Waals surface area contributed by atoms with Crippen LogP contribution in [0.15, 0.2) is 59.5 Å². The maximum atomic E-state index is 12.6. The van der Waals surface area contributed by atoms with Gasteiger partial charge in [0.15, 0.2) is 0 Å². The van der Waals surface area contributed by atoms with Crippen LogP contribution in [0, 0.1) is 13.8 Å². The van der Waals surface area contributed by atoms with Crippen molar-refractivity contribution in [3.05, 3.63) is 77.1 Å². The van der Waals surface area contributed by atoms with Crippen molar-refractivity contribution in [1.82, 2.24) is 19.8 Å². The van der Waals surface area contributed by atoms with Gasteiger partial charge in [-0.05, 0) is 44.2 Å². The standard InChI is InChI=1S/C21H21F3N4O3S/c1-14-19(15(2)28(27-14)17-8-4-3-5-9-17)12-25-20(29)16-7-6-10-18(11-16)32(30,31)26-13-21(22,23)24/h3-11,26H,12-13H2,1-2H3,(H,25,29). The van der Waals surface area contributed by atoms with E-state index in [1.54, 1.807) is 4.68 Å². The lowest BCUT2D eigenvalue weighted by molar-refractivity contribution is -0.121. The largest absolute Gasteiger partial charge is 0.402 e. The van der Waals surface area contributed by atoms with E-state index in [2.05, 4.69) is 10.4 Å². The third-order valence-corrected chi connectivity index (χ3v) is 6.14. The van der Waals surface area contributed by atoms with Crippen LogP contribution in [0.3, 0.4) is 0 Å². The van der Waals surface area contributed by atoms with Crippen molar-refractivity contribution in [3.8, 4) is 5.69 Å². The molecule has 11 heteroatoms. The van der Waals surface area contributed by atoms with Gasteiger partial charge in [0.05, 0.1) is 16.3 Å². The summed E-state index contributed by atoms with van der Waals surface area (Å²) in [6.45, 7) is 2.13. The summed E-state index contributed by atoms with van der Waals surface area (Å²) in [5, 5.41) is 7.21. The molecule has 170 valence electrons. The van der Waals surface area contributed by atoms with Gasteiger partial charge in [0.25, 0.3) is 5.91 Å². The third kappa shape index (κ3) is 5.54. The molecule has 0 spiro atoms. The molecule has 3 rings (SSSR count). The van der Waals surface area contributed by atoms with Crippen LogP contribution in [-0.2, 0) is 16.6 Å². The lowest BCUT2D eigenvalue weighted by atomic mass is 10.1. The van der Waals surface area contributed by atoms with Gasteiger partial charge in [-0.25, -0.2) is 17.8 Å². The van der Waals surface area contributed by atoms with E-state index in [4.69, 9.17) is 0 Å². The summed E-state index contributed by atoms with van der Waals surface area (Å²) in [6.07, 6.45) is -4.69. The van der Waals surface area contributed by atoms with Gasteiger partial charge in [-0.1, -0.05) is 24.3 Å². The number of carbonyl (C=O) groups excluding carboxylic acids is 1. The zero-order valence-electron chi connectivity index (χ0n) is 17.3. The van der Waals surface area contributed by atoms with Gasteiger partial charge in [0.1, 0.15) is 6.54 Å². The lowest BCUT2D eigenvalue weighted by Gasteiger charge is -2.11. The predicted octanol–water partition coefficient (Wildman–Crippen LogP) is 3.26. The topological polar surface area (TPSA) is 93.1 Å². The molecule has 1 aromatic heterocycles. The molecule has 0 atom stereocenters. The number of nitrogens with one attached hydrogen (secondary N) is 2. The molecule has 0 saturated carbocycles. The van der Waals surface area contributed by atoms with Gasteiger partial charge in [0, 0.05) is 23.4 Å². The van der Waals surface area contributed by atoms with E-state index in [0.717, 1.165) is 34.8 Å². The highest BCUT2D eigenvalue weighted by atomic mass is 32.2. The van der Waals surface area contributed by atoms with E-state index < -0.39 is 33.5 Å². The number of alkyl halides is 3. The molecule has 0 bridgehead atoms. The number of benzene rings is 2. The molecule has 0 aliphatic rings. The molecular formula is C21H21F3N4O3S. The van der Waals surface area contributed by atoms with Crippen LogP contribution in [0.2, 0.25) is 0 Å². The van der Waals surface area contributed by atoms with Crippen molar-refractivity contribution in [1.29, 1.82) is 0 Å². The van der Waals surface area contributed by atoms with Crippen LogP contribution in [0.4, 0.5) is 13.2 Å². The lowest BCUT2D eigenvalue weighted by Crippen LogP contribution is -2.34. The smallest absolute Gasteiger partial charge is 0.348 e. The summed E-state index contributed by atoms with van der Waals surface area (Å²) in [7, 11) is -4.42. The number of amides is 1. The molecular weight excluding hydrogens is 445 g/mol. The number of carbonyl (C=O) groups is 1. The SMILES string of the molecule is Cc1nn(-c2ccccc2)c(C)c1CNC(=O)c1cccc(S(=O)(=O)NCC(F)(F)F)c1. The quantitative estimate of drug-likeness (QED) is 0.559. The minimum absolute atomic E-state index is 0.00522. The van der Waals surface area contributed by atoms with E-state index >= 15 is 0 Å². The van der Waals surface area contributed by atoms with E-state index in [1.165, 1.54) is 16.9 Å². The first-order valence-electron chi connectivity index (χ1n) is 9.53. The second-order valence-electron chi connectivity index (χ2n) is 7.05. The highest BCUT2D eigenvalue weighted by Gasteiger charge is 2.30. The van der Waals surface area contributed by atoms with Crippen molar-refractivity contribution in [2.24, 2.45) is 0 Å². The van der Waals surface area contributed by atoms with E-state index in [9.17, 15) is 26.4 Å². The van der Waals surface area contributed by atoms with Gasteiger partial charge < -0.3 is 5.32 Å². The Morgan fingerprint density at radius 3 is 2.41 bits per heavy atom. The van der Waals surface area contributed by atoms with Gasteiger partial charge in [-0.15, -0.1) is 0 Å². The normalized spacial score (nSPS) is 12.0. The van der Waals surface area contributed by atoms with Crippen LogP contribution in [0.25, 0.3) is 5.69 Å². The van der Waals surface area contributed by atoms with Crippen molar-refractivity contribution >= 4 is 15.9 Å². The summed E-state index contributed by atoms with van der Waals surface area (Å²) < 4.78 is 64.5. The molecule has 0 aliphatic heterocycles. The number of hydrogen-bond acceptors (Lipinski definition) is 4. The molecule has 0 radical (unpaired) electrons. The van der Waals surface area contributed by atoms with Crippen molar-refractivity contribution in [2.45, 2.75) is 31.5 Å². The molecule has 32 heavy (non-hydrogen) atoms. The number of para-hydroxylation sites is 1.